The van der Waals surface area contributed by atoms with Gasteiger partial charge in [0.15, 0.2) is 6.10 Å². The molecule has 0 unspecified atom stereocenters. The summed E-state index contributed by atoms with van der Waals surface area (Å²) < 4.78 is 11.1. The van der Waals surface area contributed by atoms with Gasteiger partial charge in [-0.1, -0.05) is 71.4 Å². The maximum absolute atomic E-state index is 12.4. The fourth-order valence-electron chi connectivity index (χ4n) is 3.00. The molecular formula is C23H21N3O3. The first-order valence-electron chi connectivity index (χ1n) is 9.42. The van der Waals surface area contributed by atoms with Gasteiger partial charge in [-0.05, 0) is 25.3 Å². The number of nitrogens with one attached hydrogen (secondary N) is 1. The first-order chi connectivity index (χ1) is 14.1. The molecule has 4 rings (SSSR count). The molecule has 0 saturated carbocycles. The topological polar surface area (TPSA) is 77.2 Å². The van der Waals surface area contributed by atoms with Crippen LogP contribution in [-0.4, -0.2) is 22.2 Å². The standard InChI is InChI=1S/C23H21N3O3/c1-15-10-12-18(13-11-15)22-25-21(29-26-22)14-24-23(27)16(2)28-20-9-5-7-17-6-3-4-8-19(17)20/h3-13,16H,14H2,1-2H3,(H,24,27)/t16-/m1/s1. The molecule has 1 atom stereocenters. The molecule has 0 bridgehead atoms. The minimum absolute atomic E-state index is 0.140. The molecule has 29 heavy (non-hydrogen) atoms. The van der Waals surface area contributed by atoms with E-state index in [1.165, 1.54) is 0 Å². The van der Waals surface area contributed by atoms with E-state index in [4.69, 9.17) is 9.26 Å². The van der Waals surface area contributed by atoms with Gasteiger partial charge in [0.1, 0.15) is 5.75 Å². The number of fused-ring (bicyclic) bond motifs is 1. The number of amides is 1. The van der Waals surface area contributed by atoms with Crippen LogP contribution in [0.25, 0.3) is 22.2 Å². The minimum atomic E-state index is -0.666. The van der Waals surface area contributed by atoms with Gasteiger partial charge in [0.25, 0.3) is 5.91 Å². The molecular weight excluding hydrogens is 366 g/mol. The van der Waals surface area contributed by atoms with E-state index >= 15 is 0 Å². The highest BCUT2D eigenvalue weighted by Gasteiger charge is 2.17. The lowest BCUT2D eigenvalue weighted by molar-refractivity contribution is -0.127. The van der Waals surface area contributed by atoms with Gasteiger partial charge < -0.3 is 14.6 Å². The Hall–Kier alpha value is -3.67. The average molecular weight is 387 g/mol. The zero-order valence-electron chi connectivity index (χ0n) is 16.3. The van der Waals surface area contributed by atoms with Crippen LogP contribution < -0.4 is 10.1 Å². The maximum atomic E-state index is 12.4. The number of aromatic nitrogens is 2. The monoisotopic (exact) mass is 387 g/mol. The van der Waals surface area contributed by atoms with E-state index in [2.05, 4.69) is 15.5 Å². The van der Waals surface area contributed by atoms with Crippen molar-refractivity contribution in [1.29, 1.82) is 0 Å². The van der Waals surface area contributed by atoms with Gasteiger partial charge in [-0.2, -0.15) is 4.98 Å². The van der Waals surface area contributed by atoms with Gasteiger partial charge in [0, 0.05) is 10.9 Å². The van der Waals surface area contributed by atoms with Crippen LogP contribution in [0.5, 0.6) is 5.75 Å². The Balaban J connectivity index is 1.37. The quantitative estimate of drug-likeness (QED) is 0.534. The van der Waals surface area contributed by atoms with Gasteiger partial charge in [0.05, 0.1) is 6.54 Å². The van der Waals surface area contributed by atoms with E-state index in [9.17, 15) is 4.79 Å². The lowest BCUT2D eigenvalue weighted by Gasteiger charge is -2.15. The fourth-order valence-corrected chi connectivity index (χ4v) is 3.00. The van der Waals surface area contributed by atoms with E-state index in [0.29, 0.717) is 17.5 Å². The second kappa shape index (κ2) is 8.14. The molecule has 0 fully saturated rings. The largest absolute Gasteiger partial charge is 0.480 e. The first-order valence-corrected chi connectivity index (χ1v) is 9.42. The van der Waals surface area contributed by atoms with Crippen LogP contribution >= 0.6 is 0 Å². The van der Waals surface area contributed by atoms with E-state index in [0.717, 1.165) is 21.9 Å². The third-order valence-corrected chi connectivity index (χ3v) is 4.61. The van der Waals surface area contributed by atoms with Crippen molar-refractivity contribution in [2.45, 2.75) is 26.5 Å². The van der Waals surface area contributed by atoms with E-state index in [1.54, 1.807) is 6.92 Å². The normalized spacial score (nSPS) is 11.9. The van der Waals surface area contributed by atoms with Gasteiger partial charge in [-0.3, -0.25) is 4.79 Å². The molecule has 0 radical (unpaired) electrons. The van der Waals surface area contributed by atoms with Crippen molar-refractivity contribution < 1.29 is 14.1 Å². The van der Waals surface area contributed by atoms with Crippen LogP contribution in [0.3, 0.4) is 0 Å². The fraction of sp³-hybridized carbons (Fsp3) is 0.174. The summed E-state index contributed by atoms with van der Waals surface area (Å²) >= 11 is 0. The molecule has 6 heteroatoms. The van der Waals surface area contributed by atoms with Crippen molar-refractivity contribution >= 4 is 16.7 Å². The summed E-state index contributed by atoms with van der Waals surface area (Å²) in [4.78, 5) is 16.8. The van der Waals surface area contributed by atoms with Crippen molar-refractivity contribution in [3.05, 3.63) is 78.2 Å². The number of carbonyl (C=O) groups is 1. The van der Waals surface area contributed by atoms with Crippen molar-refractivity contribution in [2.75, 3.05) is 0 Å². The van der Waals surface area contributed by atoms with Gasteiger partial charge in [-0.25, -0.2) is 0 Å². The molecule has 0 aliphatic rings. The molecule has 6 nitrogen and oxygen atoms in total. The minimum Gasteiger partial charge on any atom is -0.480 e. The molecule has 1 aromatic heterocycles. The highest BCUT2D eigenvalue weighted by molar-refractivity contribution is 5.89. The van der Waals surface area contributed by atoms with Gasteiger partial charge >= 0.3 is 0 Å². The van der Waals surface area contributed by atoms with Crippen molar-refractivity contribution in [2.24, 2.45) is 0 Å². The Bertz CT molecular complexity index is 1130. The summed E-state index contributed by atoms with van der Waals surface area (Å²) in [5, 5.41) is 8.78. The van der Waals surface area contributed by atoms with Crippen LogP contribution in [0.15, 0.2) is 71.3 Å². The van der Waals surface area contributed by atoms with Crippen molar-refractivity contribution in [3.8, 4) is 17.1 Å². The summed E-state index contributed by atoms with van der Waals surface area (Å²) in [6.07, 6.45) is -0.666. The highest BCUT2D eigenvalue weighted by atomic mass is 16.5. The van der Waals surface area contributed by atoms with Crippen LogP contribution in [0.1, 0.15) is 18.4 Å². The number of carbonyl (C=O) groups excluding carboxylic acids is 1. The van der Waals surface area contributed by atoms with Gasteiger partial charge in [-0.15, -0.1) is 0 Å². The number of ether oxygens (including phenoxy) is 1. The Kier molecular flexibility index (Phi) is 5.24. The summed E-state index contributed by atoms with van der Waals surface area (Å²) in [5.74, 6) is 1.25. The molecule has 0 saturated heterocycles. The second-order valence-electron chi connectivity index (χ2n) is 6.83. The first kappa shape index (κ1) is 18.7. The maximum Gasteiger partial charge on any atom is 0.261 e. The third kappa shape index (κ3) is 4.27. The molecule has 0 aliphatic heterocycles. The highest BCUT2D eigenvalue weighted by Crippen LogP contribution is 2.26. The van der Waals surface area contributed by atoms with Crippen LogP contribution in [-0.2, 0) is 11.3 Å². The molecule has 1 N–H and O–H groups in total. The van der Waals surface area contributed by atoms with E-state index in [1.807, 2.05) is 73.7 Å². The van der Waals surface area contributed by atoms with Crippen molar-refractivity contribution in [3.63, 3.8) is 0 Å². The Morgan fingerprint density at radius 3 is 2.66 bits per heavy atom. The number of rotatable bonds is 6. The summed E-state index contributed by atoms with van der Waals surface area (Å²) in [6, 6.07) is 21.5. The Labute approximate surface area is 168 Å². The molecule has 146 valence electrons. The Morgan fingerprint density at radius 2 is 1.83 bits per heavy atom. The molecule has 1 amide bonds. The predicted octanol–water partition coefficient (Wildman–Crippen LogP) is 4.28. The zero-order valence-corrected chi connectivity index (χ0v) is 16.3. The van der Waals surface area contributed by atoms with Crippen LogP contribution in [0, 0.1) is 6.92 Å². The lowest BCUT2D eigenvalue weighted by Crippen LogP contribution is -2.36. The van der Waals surface area contributed by atoms with Crippen molar-refractivity contribution in [1.82, 2.24) is 15.5 Å². The number of nitrogens with zero attached hydrogens (tertiary/aromatic N) is 2. The molecule has 3 aromatic carbocycles. The smallest absolute Gasteiger partial charge is 0.261 e. The van der Waals surface area contributed by atoms with E-state index < -0.39 is 6.10 Å². The number of hydrogen-bond acceptors (Lipinski definition) is 5. The van der Waals surface area contributed by atoms with Crippen LogP contribution in [0.4, 0.5) is 0 Å². The lowest BCUT2D eigenvalue weighted by atomic mass is 10.1. The third-order valence-electron chi connectivity index (χ3n) is 4.61. The van der Waals surface area contributed by atoms with Crippen LogP contribution in [0.2, 0.25) is 0 Å². The summed E-state index contributed by atoms with van der Waals surface area (Å²) in [5.41, 5.74) is 2.02. The predicted molar refractivity (Wildman–Crippen MR) is 110 cm³/mol. The SMILES string of the molecule is Cc1ccc(-c2noc(CNC(=O)[C@@H](C)Oc3cccc4ccccc34)n2)cc1. The molecule has 0 spiro atoms. The average Bonchev–Trinajstić information content (AvgIpc) is 3.22. The second-order valence-corrected chi connectivity index (χ2v) is 6.83. The molecule has 4 aromatic rings. The number of hydrogen-bond donors (Lipinski definition) is 1. The van der Waals surface area contributed by atoms with Gasteiger partial charge in [0.2, 0.25) is 11.7 Å². The Morgan fingerprint density at radius 1 is 1.07 bits per heavy atom. The number of aryl methyl sites for hydroxylation is 1. The molecule has 1 heterocycles. The number of benzene rings is 3. The zero-order chi connectivity index (χ0) is 20.2. The molecule has 0 aliphatic carbocycles. The summed E-state index contributed by atoms with van der Waals surface area (Å²) in [6.45, 7) is 3.87. The summed E-state index contributed by atoms with van der Waals surface area (Å²) in [7, 11) is 0. The van der Waals surface area contributed by atoms with E-state index in [-0.39, 0.29) is 12.5 Å².